The van der Waals surface area contributed by atoms with E-state index in [1.165, 1.54) is 6.33 Å². The summed E-state index contributed by atoms with van der Waals surface area (Å²) in [5.41, 5.74) is 2.43. The normalized spacial score (nSPS) is 12.8. The number of hydrogen-bond donors (Lipinski definition) is 2. The van der Waals surface area contributed by atoms with Crippen molar-refractivity contribution < 1.29 is 4.79 Å². The molecule has 0 aromatic carbocycles. The van der Waals surface area contributed by atoms with Crippen LogP contribution >= 0.6 is 23.2 Å². The third-order valence-electron chi connectivity index (χ3n) is 5.28. The minimum atomic E-state index is -0.428. The molecule has 2 aromatic heterocycles. The van der Waals surface area contributed by atoms with Gasteiger partial charge in [0.1, 0.15) is 24.2 Å². The second-order valence-electron chi connectivity index (χ2n) is 7.81. The summed E-state index contributed by atoms with van der Waals surface area (Å²) >= 11 is 13.2. The van der Waals surface area contributed by atoms with Crippen molar-refractivity contribution in [2.75, 3.05) is 17.2 Å². The van der Waals surface area contributed by atoms with Crippen molar-refractivity contribution in [1.82, 2.24) is 14.5 Å². The number of carbonyl (C=O) groups excluding carboxylic acids is 1. The summed E-state index contributed by atoms with van der Waals surface area (Å²) in [7, 11) is 0. The van der Waals surface area contributed by atoms with Crippen molar-refractivity contribution in [3.63, 3.8) is 0 Å². The fourth-order valence-electron chi connectivity index (χ4n) is 3.61. The highest BCUT2D eigenvalue weighted by molar-refractivity contribution is 6.49. The highest BCUT2D eigenvalue weighted by Gasteiger charge is 2.25. The van der Waals surface area contributed by atoms with Gasteiger partial charge in [-0.15, -0.1) is 0 Å². The number of anilines is 2. The molecule has 0 amide bonds. The Kier molecular flexibility index (Phi) is 10.5. The summed E-state index contributed by atoms with van der Waals surface area (Å²) in [4.78, 5) is 33.0. The fourth-order valence-corrected chi connectivity index (χ4v) is 4.20. The van der Waals surface area contributed by atoms with Crippen molar-refractivity contribution in [2.45, 2.75) is 47.1 Å². The Bertz CT molecular complexity index is 1250. The molecule has 0 saturated carbocycles. The van der Waals surface area contributed by atoms with Crippen LogP contribution in [0.3, 0.4) is 0 Å². The monoisotopic (exact) mass is 515 g/mol. The molecule has 1 atom stereocenters. The summed E-state index contributed by atoms with van der Waals surface area (Å²) in [5.74, 6) is 1.19. The smallest absolute Gasteiger partial charge is 0.264 e. The lowest BCUT2D eigenvalue weighted by atomic mass is 10.0. The van der Waals surface area contributed by atoms with Crippen LogP contribution in [-0.4, -0.2) is 27.4 Å². The maximum Gasteiger partial charge on any atom is 0.264 e. The van der Waals surface area contributed by atoms with E-state index in [9.17, 15) is 9.59 Å². The molecule has 0 saturated heterocycles. The number of pyridine rings is 1. The van der Waals surface area contributed by atoms with Crippen LogP contribution in [0.15, 0.2) is 42.0 Å². The van der Waals surface area contributed by atoms with Gasteiger partial charge in [-0.2, -0.15) is 0 Å². The van der Waals surface area contributed by atoms with Gasteiger partial charge in [-0.3, -0.25) is 9.36 Å². The van der Waals surface area contributed by atoms with E-state index < -0.39 is 6.04 Å². The van der Waals surface area contributed by atoms with Crippen molar-refractivity contribution in [1.29, 1.82) is 0 Å². The molecule has 0 spiro atoms. The van der Waals surface area contributed by atoms with Gasteiger partial charge in [0.2, 0.25) is 0 Å². The van der Waals surface area contributed by atoms with Gasteiger partial charge in [-0.25, -0.2) is 9.97 Å². The minimum Gasteiger partial charge on any atom is -0.369 e. The Morgan fingerprint density at radius 2 is 1.94 bits per heavy atom. The second-order valence-corrected chi connectivity index (χ2v) is 8.65. The maximum atomic E-state index is 13.7. The van der Waals surface area contributed by atoms with Gasteiger partial charge in [-0.05, 0) is 40.7 Å². The lowest BCUT2D eigenvalue weighted by Crippen LogP contribution is -2.29. The van der Waals surface area contributed by atoms with Gasteiger partial charge in [0.25, 0.3) is 5.56 Å². The fraction of sp³-hybridized carbons (Fsp3) is 0.308. The molecule has 2 N–H and O–H groups in total. The average molecular weight is 516 g/mol. The average Bonchev–Trinajstić information content (AvgIpc) is 2.81. The molecule has 0 bridgehead atoms. The van der Waals surface area contributed by atoms with Crippen LogP contribution < -0.4 is 16.2 Å². The highest BCUT2D eigenvalue weighted by atomic mass is 35.5. The van der Waals surface area contributed by atoms with E-state index in [1.54, 1.807) is 16.7 Å². The third-order valence-corrected chi connectivity index (χ3v) is 5.86. The van der Waals surface area contributed by atoms with Crippen molar-refractivity contribution >= 4 is 57.9 Å². The Balaban J connectivity index is 2.72. The van der Waals surface area contributed by atoms with Crippen LogP contribution in [-0.2, 0) is 4.79 Å². The Morgan fingerprint density at radius 3 is 2.54 bits per heavy atom. The van der Waals surface area contributed by atoms with Crippen molar-refractivity contribution in [2.24, 2.45) is 0 Å². The molecule has 9 heteroatoms. The van der Waals surface area contributed by atoms with Crippen LogP contribution in [0.1, 0.15) is 62.5 Å². The van der Waals surface area contributed by atoms with Gasteiger partial charge in [0.15, 0.2) is 0 Å². The van der Waals surface area contributed by atoms with Gasteiger partial charge in [-0.1, -0.05) is 54.1 Å². The zero-order valence-electron chi connectivity index (χ0n) is 20.7. The zero-order chi connectivity index (χ0) is 26.1. The molecular weight excluding hydrogens is 485 g/mol. The lowest BCUT2D eigenvalue weighted by molar-refractivity contribution is -0.107. The number of rotatable bonds is 11. The van der Waals surface area contributed by atoms with Gasteiger partial charge in [0, 0.05) is 34.8 Å². The molecule has 0 aliphatic rings. The van der Waals surface area contributed by atoms with Crippen LogP contribution in [0.5, 0.6) is 0 Å². The number of aromatic nitrogens is 3. The summed E-state index contributed by atoms with van der Waals surface area (Å²) < 4.78 is 1.55. The number of nitrogens with zero attached hydrogens (tertiary/aromatic N) is 3. The maximum absolute atomic E-state index is 13.7. The predicted octanol–water partition coefficient (Wildman–Crippen LogP) is 6.45. The van der Waals surface area contributed by atoms with Crippen LogP contribution in [0.4, 0.5) is 11.6 Å². The van der Waals surface area contributed by atoms with Crippen LogP contribution in [0.25, 0.3) is 16.8 Å². The molecule has 2 heterocycles. The largest absolute Gasteiger partial charge is 0.369 e. The SMILES string of the molecule is C=C(Cl)c1c(/C=C\C)c(Cl)c([C@H](C)Nc2ncnc(NCCC=O)c2C)n(/C(C)=C/C=C\C)c1=O. The standard InChI is InChI=1S/C26H31Cl2N5O2/c1-7-9-12-16(3)33-23(22(28)20(11-8-2)21(18(5)27)26(33)35)19(6)32-25-17(4)24(30-15-31-25)29-13-10-14-34/h7-9,11-12,14-15,19H,5,10,13H2,1-4,6H3,(H2,29,30,31,32)/b9-7-,11-8-,16-12+/t19-/m0/s1. The first-order valence-electron chi connectivity index (χ1n) is 11.2. The van der Waals surface area contributed by atoms with E-state index in [0.717, 1.165) is 11.8 Å². The summed E-state index contributed by atoms with van der Waals surface area (Å²) in [6, 6.07) is -0.428. The first-order chi connectivity index (χ1) is 16.7. The second kappa shape index (κ2) is 13.1. The summed E-state index contributed by atoms with van der Waals surface area (Å²) in [6.07, 6.45) is 11.7. The number of hydrogen-bond acceptors (Lipinski definition) is 6. The molecule has 35 heavy (non-hydrogen) atoms. The summed E-state index contributed by atoms with van der Waals surface area (Å²) in [5, 5.41) is 6.99. The first kappa shape index (κ1) is 28.1. The Labute approximate surface area is 216 Å². The predicted molar refractivity (Wildman–Crippen MR) is 148 cm³/mol. The number of nitrogens with one attached hydrogen (secondary N) is 2. The van der Waals surface area contributed by atoms with Crippen molar-refractivity contribution in [3.8, 4) is 0 Å². The quantitative estimate of drug-likeness (QED) is 0.203. The Hall–Kier alpha value is -3.16. The molecule has 0 fully saturated rings. The topological polar surface area (TPSA) is 88.9 Å². The van der Waals surface area contributed by atoms with E-state index in [4.69, 9.17) is 23.2 Å². The molecule has 0 aliphatic heterocycles. The van der Waals surface area contributed by atoms with E-state index in [0.29, 0.717) is 46.6 Å². The molecule has 0 unspecified atom stereocenters. The van der Waals surface area contributed by atoms with E-state index in [2.05, 4.69) is 27.2 Å². The van der Waals surface area contributed by atoms with Gasteiger partial charge < -0.3 is 15.4 Å². The molecular formula is C26H31Cl2N5O2. The lowest BCUT2D eigenvalue weighted by Gasteiger charge is -2.25. The molecule has 2 aromatic rings. The van der Waals surface area contributed by atoms with Crippen LogP contribution in [0, 0.1) is 6.92 Å². The van der Waals surface area contributed by atoms with Gasteiger partial charge >= 0.3 is 0 Å². The van der Waals surface area contributed by atoms with Crippen LogP contribution in [0.2, 0.25) is 5.02 Å². The number of carbonyl (C=O) groups is 1. The van der Waals surface area contributed by atoms with E-state index in [1.807, 2.05) is 52.8 Å². The first-order valence-corrected chi connectivity index (χ1v) is 12.0. The number of aldehydes is 1. The molecule has 2 rings (SSSR count). The minimum absolute atomic E-state index is 0.113. The zero-order valence-corrected chi connectivity index (χ0v) is 22.2. The Morgan fingerprint density at radius 1 is 1.26 bits per heavy atom. The van der Waals surface area contributed by atoms with Crippen molar-refractivity contribution in [3.05, 3.63) is 75.0 Å². The summed E-state index contributed by atoms with van der Waals surface area (Å²) in [6.45, 7) is 13.6. The van der Waals surface area contributed by atoms with Gasteiger partial charge in [0.05, 0.1) is 22.3 Å². The molecule has 186 valence electrons. The number of halogens is 2. The van der Waals surface area contributed by atoms with E-state index in [-0.39, 0.29) is 16.2 Å². The van der Waals surface area contributed by atoms with E-state index >= 15 is 0 Å². The molecule has 7 nitrogen and oxygen atoms in total. The highest BCUT2D eigenvalue weighted by Crippen LogP contribution is 2.35. The molecule has 0 radical (unpaired) electrons. The third kappa shape index (κ3) is 6.50. The molecule has 0 aliphatic carbocycles. The number of allylic oxidation sites excluding steroid dienone is 5.